The Bertz CT molecular complexity index is 446. The highest BCUT2D eigenvalue weighted by molar-refractivity contribution is 5.92. The molecule has 0 aromatic heterocycles. The number of carbonyl (C=O) groups excluding carboxylic acids is 2. The van der Waals surface area contributed by atoms with Crippen LogP contribution in [-0.4, -0.2) is 32.1 Å². The maximum Gasteiger partial charge on any atom is 0.338 e. The lowest BCUT2D eigenvalue weighted by Crippen LogP contribution is -2.25. The van der Waals surface area contributed by atoms with Gasteiger partial charge in [-0.1, -0.05) is 0 Å². The Hall–Kier alpha value is -2.24. The molecule has 0 unspecified atom stereocenters. The number of nitrogen functional groups attached to an aromatic ring is 1. The van der Waals surface area contributed by atoms with Gasteiger partial charge in [0.2, 0.25) is 0 Å². The summed E-state index contributed by atoms with van der Waals surface area (Å²) in [5, 5.41) is 2.35. The second-order valence-corrected chi connectivity index (χ2v) is 3.47. The number of anilines is 1. The molecule has 0 saturated carbocycles. The minimum atomic E-state index is -0.619. The van der Waals surface area contributed by atoms with E-state index in [2.05, 4.69) is 5.32 Å². The molecular formula is C12H16N2O4. The summed E-state index contributed by atoms with van der Waals surface area (Å²) in [5.41, 5.74) is 6.29. The number of hydrogen-bond donors (Lipinski definition) is 2. The lowest BCUT2D eigenvalue weighted by molar-refractivity contribution is -0.123. The van der Waals surface area contributed by atoms with Crippen LogP contribution in [0.2, 0.25) is 0 Å². The first-order valence-corrected chi connectivity index (χ1v) is 5.48. The quantitative estimate of drug-likeness (QED) is 0.590. The third-order valence-corrected chi connectivity index (χ3v) is 2.09. The number of nitrogens with one attached hydrogen (secondary N) is 1. The van der Waals surface area contributed by atoms with Gasteiger partial charge in [-0.2, -0.15) is 0 Å². The molecule has 18 heavy (non-hydrogen) atoms. The highest BCUT2D eigenvalue weighted by atomic mass is 16.5. The van der Waals surface area contributed by atoms with Crippen LogP contribution in [0.5, 0.6) is 5.75 Å². The first-order valence-electron chi connectivity index (χ1n) is 5.48. The highest BCUT2D eigenvalue weighted by Crippen LogP contribution is 2.19. The molecule has 0 saturated heterocycles. The fourth-order valence-electron chi connectivity index (χ4n) is 1.28. The Morgan fingerprint density at radius 1 is 1.33 bits per heavy atom. The molecule has 0 aliphatic heterocycles. The Kier molecular flexibility index (Phi) is 4.98. The van der Waals surface area contributed by atoms with E-state index in [0.717, 1.165) is 0 Å². The minimum Gasteiger partial charge on any atom is -0.494 e. The molecular weight excluding hydrogens is 236 g/mol. The zero-order chi connectivity index (χ0) is 13.5. The minimum absolute atomic E-state index is 0.252. The van der Waals surface area contributed by atoms with E-state index in [0.29, 0.717) is 18.0 Å². The summed E-state index contributed by atoms with van der Waals surface area (Å²) in [4.78, 5) is 22.6. The summed E-state index contributed by atoms with van der Waals surface area (Å²) in [5.74, 6) is -0.506. The smallest absolute Gasteiger partial charge is 0.338 e. The van der Waals surface area contributed by atoms with Crippen LogP contribution in [0.3, 0.4) is 0 Å². The molecule has 0 heterocycles. The summed E-state index contributed by atoms with van der Waals surface area (Å²) in [6.07, 6.45) is 0. The lowest BCUT2D eigenvalue weighted by atomic mass is 10.2. The SMILES string of the molecule is CCOc1cc(N)cc(C(=O)OCC(=O)NC)c1. The van der Waals surface area contributed by atoms with Gasteiger partial charge >= 0.3 is 5.97 Å². The average Bonchev–Trinajstić information content (AvgIpc) is 2.35. The van der Waals surface area contributed by atoms with Gasteiger partial charge < -0.3 is 20.5 Å². The van der Waals surface area contributed by atoms with Gasteiger partial charge in [0, 0.05) is 18.8 Å². The van der Waals surface area contributed by atoms with Crippen molar-refractivity contribution >= 4 is 17.6 Å². The van der Waals surface area contributed by atoms with Gasteiger partial charge in [-0.25, -0.2) is 4.79 Å². The molecule has 1 rings (SSSR count). The molecule has 6 nitrogen and oxygen atoms in total. The van der Waals surface area contributed by atoms with Crippen molar-refractivity contribution in [2.45, 2.75) is 6.92 Å². The maximum atomic E-state index is 11.7. The van der Waals surface area contributed by atoms with E-state index in [-0.39, 0.29) is 18.1 Å². The predicted molar refractivity (Wildman–Crippen MR) is 66.4 cm³/mol. The normalized spacial score (nSPS) is 9.67. The van der Waals surface area contributed by atoms with Gasteiger partial charge in [0.15, 0.2) is 6.61 Å². The van der Waals surface area contributed by atoms with Crippen LogP contribution >= 0.6 is 0 Å². The molecule has 98 valence electrons. The monoisotopic (exact) mass is 252 g/mol. The van der Waals surface area contributed by atoms with Crippen molar-refractivity contribution in [2.75, 3.05) is 26.0 Å². The molecule has 0 spiro atoms. The van der Waals surface area contributed by atoms with E-state index < -0.39 is 5.97 Å². The summed E-state index contributed by atoms with van der Waals surface area (Å²) < 4.78 is 10.1. The van der Waals surface area contributed by atoms with Gasteiger partial charge in [-0.05, 0) is 19.1 Å². The Balaban J connectivity index is 2.75. The van der Waals surface area contributed by atoms with Crippen LogP contribution in [0.4, 0.5) is 5.69 Å². The van der Waals surface area contributed by atoms with Crippen molar-refractivity contribution in [3.8, 4) is 5.75 Å². The molecule has 1 aromatic rings. The maximum absolute atomic E-state index is 11.7. The molecule has 1 aromatic carbocycles. The van der Waals surface area contributed by atoms with Crippen LogP contribution < -0.4 is 15.8 Å². The van der Waals surface area contributed by atoms with E-state index in [9.17, 15) is 9.59 Å². The molecule has 6 heteroatoms. The largest absolute Gasteiger partial charge is 0.494 e. The number of hydrogen-bond acceptors (Lipinski definition) is 5. The van der Waals surface area contributed by atoms with Gasteiger partial charge in [0.25, 0.3) is 5.91 Å². The first-order chi connectivity index (χ1) is 8.56. The fourth-order valence-corrected chi connectivity index (χ4v) is 1.28. The second-order valence-electron chi connectivity index (χ2n) is 3.47. The van der Waals surface area contributed by atoms with Crippen LogP contribution in [0.15, 0.2) is 18.2 Å². The van der Waals surface area contributed by atoms with Crippen LogP contribution in [0.1, 0.15) is 17.3 Å². The van der Waals surface area contributed by atoms with Crippen molar-refractivity contribution in [3.05, 3.63) is 23.8 Å². The topological polar surface area (TPSA) is 90.7 Å². The van der Waals surface area contributed by atoms with Crippen molar-refractivity contribution in [3.63, 3.8) is 0 Å². The van der Waals surface area contributed by atoms with E-state index in [4.69, 9.17) is 15.2 Å². The van der Waals surface area contributed by atoms with E-state index in [1.54, 1.807) is 6.07 Å². The summed E-state index contributed by atoms with van der Waals surface area (Å²) in [7, 11) is 1.46. The van der Waals surface area contributed by atoms with Crippen molar-refractivity contribution in [2.24, 2.45) is 0 Å². The number of amides is 1. The van der Waals surface area contributed by atoms with E-state index in [1.165, 1.54) is 19.2 Å². The number of esters is 1. The molecule has 0 fully saturated rings. The van der Waals surface area contributed by atoms with Crippen molar-refractivity contribution in [1.29, 1.82) is 0 Å². The highest BCUT2D eigenvalue weighted by Gasteiger charge is 2.11. The molecule has 0 bridgehead atoms. The number of carbonyl (C=O) groups is 2. The fraction of sp³-hybridized carbons (Fsp3) is 0.333. The van der Waals surface area contributed by atoms with Crippen LogP contribution in [0.25, 0.3) is 0 Å². The zero-order valence-electron chi connectivity index (χ0n) is 10.4. The predicted octanol–water partition coefficient (Wildman–Crippen LogP) is 0.570. The lowest BCUT2D eigenvalue weighted by Gasteiger charge is -2.08. The Morgan fingerprint density at radius 3 is 2.67 bits per heavy atom. The molecule has 1 amide bonds. The van der Waals surface area contributed by atoms with E-state index >= 15 is 0 Å². The molecule has 0 radical (unpaired) electrons. The number of nitrogens with two attached hydrogens (primary N) is 1. The molecule has 0 aliphatic carbocycles. The molecule has 0 atom stereocenters. The Morgan fingerprint density at radius 2 is 2.06 bits per heavy atom. The van der Waals surface area contributed by atoms with Crippen LogP contribution in [-0.2, 0) is 9.53 Å². The van der Waals surface area contributed by atoms with Gasteiger partial charge in [-0.15, -0.1) is 0 Å². The standard InChI is InChI=1S/C12H16N2O4/c1-3-17-10-5-8(4-9(13)6-10)12(16)18-7-11(15)14-2/h4-6H,3,7,13H2,1-2H3,(H,14,15). The number of rotatable bonds is 5. The molecule has 3 N–H and O–H groups in total. The van der Waals surface area contributed by atoms with Gasteiger partial charge in [0.1, 0.15) is 5.75 Å². The third-order valence-electron chi connectivity index (χ3n) is 2.09. The Labute approximate surface area is 105 Å². The van der Waals surface area contributed by atoms with Gasteiger partial charge in [-0.3, -0.25) is 4.79 Å². The summed E-state index contributed by atoms with van der Waals surface area (Å²) in [6, 6.07) is 4.60. The third kappa shape index (κ3) is 3.97. The number of benzene rings is 1. The van der Waals surface area contributed by atoms with Crippen LogP contribution in [0, 0.1) is 0 Å². The zero-order valence-corrected chi connectivity index (χ0v) is 10.4. The van der Waals surface area contributed by atoms with E-state index in [1.807, 2.05) is 6.92 Å². The summed E-state index contributed by atoms with van der Waals surface area (Å²) in [6.45, 7) is 1.97. The number of likely N-dealkylation sites (N-methyl/N-ethyl adjacent to an activating group) is 1. The van der Waals surface area contributed by atoms with Crippen molar-refractivity contribution in [1.82, 2.24) is 5.32 Å². The first kappa shape index (κ1) is 13.8. The molecule has 0 aliphatic rings. The average molecular weight is 252 g/mol. The number of ether oxygens (including phenoxy) is 2. The van der Waals surface area contributed by atoms with Gasteiger partial charge in [0.05, 0.1) is 12.2 Å². The van der Waals surface area contributed by atoms with Crippen molar-refractivity contribution < 1.29 is 19.1 Å². The second kappa shape index (κ2) is 6.48. The summed E-state index contributed by atoms with van der Waals surface area (Å²) >= 11 is 0.